The molecular weight excluding hydrogens is 323 g/mol. The van der Waals surface area contributed by atoms with Crippen LogP contribution in [0.4, 0.5) is 0 Å². The maximum Gasteiger partial charge on any atom is 1.00 e. The smallest absolute Gasteiger partial charge is 0.744 e. The van der Waals surface area contributed by atoms with Gasteiger partial charge in [0.05, 0.1) is 4.90 Å². The molecule has 0 atom stereocenters. The number of carbonyl (C=O) groups excluding carboxylic acids is 2. The number of rotatable bonds is 6. The molecule has 9 heteroatoms. The number of Topliss-reactive ketones (excluding diaryl/α,β-unsaturated/α-hetero) is 2. The molecule has 0 unspecified atom stereocenters. The molecule has 0 fully saturated rings. The van der Waals surface area contributed by atoms with Crippen LogP contribution in [0.3, 0.4) is 0 Å². The van der Waals surface area contributed by atoms with Crippen molar-refractivity contribution in [2.45, 2.75) is 24.7 Å². The minimum absolute atomic E-state index is 0. The molecule has 21 heavy (non-hydrogen) atoms. The first-order valence-corrected chi connectivity index (χ1v) is 6.97. The van der Waals surface area contributed by atoms with E-state index in [0.29, 0.717) is 5.56 Å². The van der Waals surface area contributed by atoms with E-state index >= 15 is 0 Å². The van der Waals surface area contributed by atoms with E-state index in [4.69, 9.17) is 5.53 Å². The van der Waals surface area contributed by atoms with Gasteiger partial charge in [-0.2, -0.15) is 4.79 Å². The van der Waals surface area contributed by atoms with Gasteiger partial charge in [-0.1, -0.05) is 12.1 Å². The second-order valence-electron chi connectivity index (χ2n) is 4.03. The first kappa shape index (κ1) is 20.5. The summed E-state index contributed by atoms with van der Waals surface area (Å²) in [5.41, 5.74) is 8.63. The minimum atomic E-state index is -4.49. The van der Waals surface area contributed by atoms with Crippen molar-refractivity contribution in [1.82, 2.24) is 0 Å². The van der Waals surface area contributed by atoms with E-state index in [0.717, 1.165) is 19.1 Å². The molecule has 1 rings (SSSR count). The summed E-state index contributed by atoms with van der Waals surface area (Å²) < 4.78 is 32.2. The average molecular weight is 334 g/mol. The number of hydrogen-bond donors (Lipinski definition) is 0. The van der Waals surface area contributed by atoms with Crippen LogP contribution in [0.25, 0.3) is 5.53 Å². The van der Waals surface area contributed by atoms with E-state index in [-0.39, 0.29) is 69.1 Å². The zero-order chi connectivity index (χ0) is 15.3. The van der Waals surface area contributed by atoms with Crippen molar-refractivity contribution in [2.75, 3.05) is 0 Å². The Balaban J connectivity index is 0.00000400. The van der Waals surface area contributed by atoms with E-state index in [1.807, 2.05) is 0 Å². The summed E-state index contributed by atoms with van der Waals surface area (Å²) in [4.78, 5) is 24.8. The SMILES string of the molecule is CC(=O)C(=[N+]=[N-])C(=O)CCc1ccc(S(=O)(=O)[O-])cc1.[K+]. The van der Waals surface area contributed by atoms with Gasteiger partial charge in [0.2, 0.25) is 11.6 Å². The second-order valence-corrected chi connectivity index (χ2v) is 5.41. The van der Waals surface area contributed by atoms with E-state index in [2.05, 4.69) is 4.79 Å². The molecule has 0 radical (unpaired) electrons. The van der Waals surface area contributed by atoms with Gasteiger partial charge in [-0.15, -0.1) is 0 Å². The zero-order valence-electron chi connectivity index (χ0n) is 11.6. The minimum Gasteiger partial charge on any atom is -0.744 e. The number of benzene rings is 1. The van der Waals surface area contributed by atoms with Gasteiger partial charge in [0.1, 0.15) is 10.1 Å². The number of aryl methyl sites for hydroxylation is 1. The van der Waals surface area contributed by atoms with E-state index in [1.165, 1.54) is 12.1 Å². The van der Waals surface area contributed by atoms with Crippen LogP contribution in [0.15, 0.2) is 29.2 Å². The summed E-state index contributed by atoms with van der Waals surface area (Å²) in [6.45, 7) is 1.11. The molecule has 0 spiro atoms. The van der Waals surface area contributed by atoms with Gasteiger partial charge in [0.25, 0.3) is 0 Å². The van der Waals surface area contributed by atoms with Gasteiger partial charge in [-0.25, -0.2) is 8.42 Å². The Kier molecular flexibility index (Phi) is 8.60. The summed E-state index contributed by atoms with van der Waals surface area (Å²) in [5, 5.41) is 0. The van der Waals surface area contributed by atoms with Crippen LogP contribution in [0.1, 0.15) is 18.9 Å². The third-order valence-electron chi connectivity index (χ3n) is 2.55. The monoisotopic (exact) mass is 334 g/mol. The van der Waals surface area contributed by atoms with Crippen molar-refractivity contribution >= 4 is 27.4 Å². The van der Waals surface area contributed by atoms with Gasteiger partial charge in [0.15, 0.2) is 0 Å². The molecule has 0 amide bonds. The summed E-state index contributed by atoms with van der Waals surface area (Å²) in [7, 11) is -4.49. The van der Waals surface area contributed by atoms with Crippen molar-refractivity contribution in [1.29, 1.82) is 0 Å². The Hall–Kier alpha value is -0.514. The van der Waals surface area contributed by atoms with Crippen molar-refractivity contribution in [3.8, 4) is 0 Å². The standard InChI is InChI=1S/C12H12N2O5S.K/c1-8(15)12(14-13)11(16)7-4-9-2-5-10(6-3-9)20(17,18)19;/h2-3,5-6H,4,7H2,1H3,(H,17,18,19);/q;+1/p-1. The Labute approximate surface area is 164 Å². The van der Waals surface area contributed by atoms with Crippen LogP contribution < -0.4 is 51.4 Å². The van der Waals surface area contributed by atoms with Crippen LogP contribution in [-0.2, 0) is 26.1 Å². The largest absolute Gasteiger partial charge is 1.00 e. The van der Waals surface area contributed by atoms with E-state index in [1.54, 1.807) is 0 Å². The predicted octanol–water partition coefficient (Wildman–Crippen LogP) is -2.64. The van der Waals surface area contributed by atoms with Crippen LogP contribution in [-0.4, -0.2) is 35.0 Å². The van der Waals surface area contributed by atoms with Crippen LogP contribution in [0.2, 0.25) is 0 Å². The van der Waals surface area contributed by atoms with Crippen LogP contribution >= 0.6 is 0 Å². The molecule has 1 aromatic rings. The molecule has 0 saturated heterocycles. The fourth-order valence-electron chi connectivity index (χ4n) is 1.52. The number of carbonyl (C=O) groups is 2. The summed E-state index contributed by atoms with van der Waals surface area (Å²) >= 11 is 0. The van der Waals surface area contributed by atoms with Gasteiger partial charge in [-0.3, -0.25) is 9.59 Å². The molecule has 0 saturated carbocycles. The van der Waals surface area contributed by atoms with Gasteiger partial charge in [-0.05, 0) is 24.1 Å². The second kappa shape index (κ2) is 8.81. The molecule has 0 aliphatic heterocycles. The number of nitrogens with zero attached hydrogens (tertiary/aromatic N) is 2. The Morgan fingerprint density at radius 1 is 1.24 bits per heavy atom. The van der Waals surface area contributed by atoms with Crippen molar-refractivity contribution in [2.24, 2.45) is 0 Å². The Bertz CT molecular complexity index is 691. The third-order valence-corrected chi connectivity index (χ3v) is 3.40. The van der Waals surface area contributed by atoms with E-state index < -0.39 is 27.4 Å². The first-order chi connectivity index (χ1) is 9.25. The number of ketones is 2. The van der Waals surface area contributed by atoms with E-state index in [9.17, 15) is 22.6 Å². The fourth-order valence-corrected chi connectivity index (χ4v) is 1.99. The maximum absolute atomic E-state index is 11.6. The summed E-state index contributed by atoms with van der Waals surface area (Å²) in [6.07, 6.45) is 0.159. The number of hydrogen-bond acceptors (Lipinski definition) is 5. The Morgan fingerprint density at radius 2 is 1.76 bits per heavy atom. The summed E-state index contributed by atoms with van der Waals surface area (Å²) in [5.74, 6) is -1.24. The molecule has 0 N–H and O–H groups in total. The third kappa shape index (κ3) is 6.41. The molecule has 0 aliphatic rings. The fraction of sp³-hybridized carbons (Fsp3) is 0.250. The maximum atomic E-state index is 11.6. The molecule has 0 heterocycles. The first-order valence-electron chi connectivity index (χ1n) is 5.56. The average Bonchev–Trinajstić information content (AvgIpc) is 2.36. The normalized spacial score (nSPS) is 10.2. The quantitative estimate of drug-likeness (QED) is 0.140. The zero-order valence-corrected chi connectivity index (χ0v) is 15.5. The van der Waals surface area contributed by atoms with Gasteiger partial charge in [0, 0.05) is 13.3 Å². The van der Waals surface area contributed by atoms with Gasteiger partial charge < -0.3 is 10.1 Å². The van der Waals surface area contributed by atoms with Crippen molar-refractivity contribution in [3.63, 3.8) is 0 Å². The van der Waals surface area contributed by atoms with Crippen LogP contribution in [0, 0.1) is 0 Å². The Morgan fingerprint density at radius 3 is 2.14 bits per heavy atom. The van der Waals surface area contributed by atoms with Crippen molar-refractivity contribution < 1.29 is 78.7 Å². The molecule has 1 aromatic carbocycles. The molecule has 7 nitrogen and oxygen atoms in total. The molecule has 0 aromatic heterocycles. The molecule has 0 bridgehead atoms. The molecule has 106 valence electrons. The molecule has 0 aliphatic carbocycles. The van der Waals surface area contributed by atoms with Crippen molar-refractivity contribution in [3.05, 3.63) is 35.4 Å². The topological polar surface area (TPSA) is 128 Å². The van der Waals surface area contributed by atoms with Gasteiger partial charge >= 0.3 is 57.1 Å². The summed E-state index contributed by atoms with van der Waals surface area (Å²) in [6, 6.07) is 5.10. The predicted molar refractivity (Wildman–Crippen MR) is 67.0 cm³/mol. The van der Waals surface area contributed by atoms with Crippen LogP contribution in [0.5, 0.6) is 0 Å². The molecular formula is C12H11KN2O5S.